The summed E-state index contributed by atoms with van der Waals surface area (Å²) < 4.78 is 0. The number of hydrogen-bond donors (Lipinski definition) is 0. The lowest BCUT2D eigenvalue weighted by Crippen LogP contribution is -2.21. The minimum atomic E-state index is 0.455. The SMILES string of the molecule is CCC1CCN(c2cc(CCl)cc(C(C)C)n2)C1. The molecule has 1 aromatic rings. The van der Waals surface area contributed by atoms with E-state index in [4.69, 9.17) is 16.6 Å². The molecule has 0 saturated carbocycles. The molecular weight excluding hydrogens is 244 g/mol. The van der Waals surface area contributed by atoms with Crippen LogP contribution in [0, 0.1) is 5.92 Å². The van der Waals surface area contributed by atoms with Gasteiger partial charge in [-0.05, 0) is 36.0 Å². The van der Waals surface area contributed by atoms with Gasteiger partial charge in [0.25, 0.3) is 0 Å². The molecule has 0 radical (unpaired) electrons. The van der Waals surface area contributed by atoms with Crippen LogP contribution in [-0.4, -0.2) is 18.1 Å². The van der Waals surface area contributed by atoms with Crippen molar-refractivity contribution >= 4 is 17.4 Å². The summed E-state index contributed by atoms with van der Waals surface area (Å²) in [6, 6.07) is 4.28. The van der Waals surface area contributed by atoms with Gasteiger partial charge in [-0.25, -0.2) is 4.98 Å². The van der Waals surface area contributed by atoms with Crippen molar-refractivity contribution in [2.45, 2.75) is 45.4 Å². The molecular formula is C15H23ClN2. The Labute approximate surface area is 115 Å². The summed E-state index contributed by atoms with van der Waals surface area (Å²) in [7, 11) is 0. The monoisotopic (exact) mass is 266 g/mol. The zero-order valence-corrected chi connectivity index (χ0v) is 12.4. The smallest absolute Gasteiger partial charge is 0.129 e. The Bertz CT molecular complexity index is 403. The predicted molar refractivity (Wildman–Crippen MR) is 78.5 cm³/mol. The molecule has 1 aliphatic rings. The fourth-order valence-electron chi connectivity index (χ4n) is 2.50. The topological polar surface area (TPSA) is 16.1 Å². The number of rotatable bonds is 4. The molecule has 2 heterocycles. The van der Waals surface area contributed by atoms with Crippen molar-refractivity contribution in [3.8, 4) is 0 Å². The van der Waals surface area contributed by atoms with E-state index >= 15 is 0 Å². The maximum atomic E-state index is 5.99. The van der Waals surface area contributed by atoms with Crippen LogP contribution in [0.15, 0.2) is 12.1 Å². The summed E-state index contributed by atoms with van der Waals surface area (Å²) in [4.78, 5) is 7.21. The number of halogens is 1. The molecule has 1 unspecified atom stereocenters. The number of alkyl halides is 1. The average Bonchev–Trinajstić information content (AvgIpc) is 2.86. The third kappa shape index (κ3) is 2.97. The third-order valence-corrected chi connectivity index (χ3v) is 4.13. The predicted octanol–water partition coefficient (Wildman–Crippen LogP) is 4.18. The van der Waals surface area contributed by atoms with Gasteiger partial charge in [-0.3, -0.25) is 0 Å². The van der Waals surface area contributed by atoms with Crippen LogP contribution in [0.1, 0.15) is 50.8 Å². The van der Waals surface area contributed by atoms with E-state index in [0.29, 0.717) is 11.8 Å². The van der Waals surface area contributed by atoms with Crippen molar-refractivity contribution in [2.24, 2.45) is 5.92 Å². The summed E-state index contributed by atoms with van der Waals surface area (Å²) in [5.41, 5.74) is 2.34. The highest BCUT2D eigenvalue weighted by atomic mass is 35.5. The first-order chi connectivity index (χ1) is 8.63. The standard InChI is InChI=1S/C15H23ClN2/c1-4-12-5-6-18(10-12)15-8-13(9-16)7-14(17-15)11(2)3/h7-8,11-12H,4-6,9-10H2,1-3H3. The van der Waals surface area contributed by atoms with E-state index in [-0.39, 0.29) is 0 Å². The molecule has 3 heteroatoms. The highest BCUT2D eigenvalue weighted by molar-refractivity contribution is 6.17. The van der Waals surface area contributed by atoms with Gasteiger partial charge in [-0.2, -0.15) is 0 Å². The zero-order chi connectivity index (χ0) is 13.1. The van der Waals surface area contributed by atoms with Crippen molar-refractivity contribution in [3.05, 3.63) is 23.4 Å². The van der Waals surface area contributed by atoms with Crippen LogP contribution in [0.5, 0.6) is 0 Å². The van der Waals surface area contributed by atoms with Crippen molar-refractivity contribution in [1.29, 1.82) is 0 Å². The summed E-state index contributed by atoms with van der Waals surface area (Å²) in [6.07, 6.45) is 2.56. The zero-order valence-electron chi connectivity index (χ0n) is 11.6. The minimum Gasteiger partial charge on any atom is -0.356 e. The van der Waals surface area contributed by atoms with Gasteiger partial charge in [0.1, 0.15) is 5.82 Å². The number of pyridine rings is 1. The fraction of sp³-hybridized carbons (Fsp3) is 0.667. The molecule has 0 amide bonds. The Kier molecular flexibility index (Phi) is 4.50. The van der Waals surface area contributed by atoms with Gasteiger partial charge < -0.3 is 4.90 Å². The largest absolute Gasteiger partial charge is 0.356 e. The maximum Gasteiger partial charge on any atom is 0.129 e. The molecule has 1 saturated heterocycles. The molecule has 1 aromatic heterocycles. The highest BCUT2D eigenvalue weighted by Gasteiger charge is 2.22. The Morgan fingerprint density at radius 3 is 2.78 bits per heavy atom. The maximum absolute atomic E-state index is 5.99. The lowest BCUT2D eigenvalue weighted by Gasteiger charge is -2.20. The van der Waals surface area contributed by atoms with E-state index in [1.807, 2.05) is 0 Å². The molecule has 0 aromatic carbocycles. The van der Waals surface area contributed by atoms with Crippen molar-refractivity contribution in [3.63, 3.8) is 0 Å². The van der Waals surface area contributed by atoms with Crippen LogP contribution < -0.4 is 4.90 Å². The van der Waals surface area contributed by atoms with Crippen LogP contribution in [0.2, 0.25) is 0 Å². The number of anilines is 1. The lowest BCUT2D eigenvalue weighted by atomic mass is 10.1. The number of hydrogen-bond acceptors (Lipinski definition) is 2. The first kappa shape index (κ1) is 13.7. The van der Waals surface area contributed by atoms with Crippen molar-refractivity contribution in [2.75, 3.05) is 18.0 Å². The van der Waals surface area contributed by atoms with Crippen LogP contribution in [-0.2, 0) is 5.88 Å². The normalized spacial score (nSPS) is 19.8. The Balaban J connectivity index is 2.24. The van der Waals surface area contributed by atoms with E-state index in [9.17, 15) is 0 Å². The Hall–Kier alpha value is -0.760. The van der Waals surface area contributed by atoms with Crippen molar-refractivity contribution in [1.82, 2.24) is 4.98 Å². The van der Waals surface area contributed by atoms with E-state index in [1.54, 1.807) is 0 Å². The molecule has 100 valence electrons. The van der Waals surface area contributed by atoms with Gasteiger partial charge in [-0.15, -0.1) is 11.6 Å². The van der Waals surface area contributed by atoms with Crippen molar-refractivity contribution < 1.29 is 0 Å². The highest BCUT2D eigenvalue weighted by Crippen LogP contribution is 2.27. The van der Waals surface area contributed by atoms with Crippen LogP contribution in [0.25, 0.3) is 0 Å². The van der Waals surface area contributed by atoms with Gasteiger partial charge >= 0.3 is 0 Å². The summed E-state index contributed by atoms with van der Waals surface area (Å²) >= 11 is 5.99. The molecule has 2 nitrogen and oxygen atoms in total. The molecule has 1 fully saturated rings. The summed E-state index contributed by atoms with van der Waals surface area (Å²) in [5.74, 6) is 2.97. The van der Waals surface area contributed by atoms with Gasteiger partial charge in [0, 0.05) is 24.7 Å². The third-order valence-electron chi connectivity index (χ3n) is 3.82. The van der Waals surface area contributed by atoms with E-state index in [2.05, 4.69) is 37.8 Å². The van der Waals surface area contributed by atoms with E-state index in [0.717, 1.165) is 30.5 Å². The summed E-state index contributed by atoms with van der Waals surface area (Å²) in [6.45, 7) is 8.92. The van der Waals surface area contributed by atoms with Crippen LogP contribution >= 0.6 is 11.6 Å². The molecule has 1 aliphatic heterocycles. The molecule has 0 spiro atoms. The second-order valence-electron chi connectivity index (χ2n) is 5.56. The Morgan fingerprint density at radius 1 is 1.44 bits per heavy atom. The average molecular weight is 267 g/mol. The van der Waals surface area contributed by atoms with Gasteiger partial charge in [-0.1, -0.05) is 27.2 Å². The van der Waals surface area contributed by atoms with E-state index in [1.165, 1.54) is 18.4 Å². The first-order valence-electron chi connectivity index (χ1n) is 6.95. The van der Waals surface area contributed by atoms with Crippen LogP contribution in [0.3, 0.4) is 0 Å². The molecule has 2 rings (SSSR count). The molecule has 0 aliphatic carbocycles. The van der Waals surface area contributed by atoms with Gasteiger partial charge in [0.15, 0.2) is 0 Å². The molecule has 0 N–H and O–H groups in total. The van der Waals surface area contributed by atoms with E-state index < -0.39 is 0 Å². The summed E-state index contributed by atoms with van der Waals surface area (Å²) in [5, 5.41) is 0. The van der Waals surface area contributed by atoms with Gasteiger partial charge in [0.2, 0.25) is 0 Å². The fourth-order valence-corrected chi connectivity index (χ4v) is 2.66. The lowest BCUT2D eigenvalue weighted by molar-refractivity contribution is 0.568. The Morgan fingerprint density at radius 2 is 2.22 bits per heavy atom. The quantitative estimate of drug-likeness (QED) is 0.760. The molecule has 18 heavy (non-hydrogen) atoms. The minimum absolute atomic E-state index is 0.455. The number of nitrogens with zero attached hydrogens (tertiary/aromatic N) is 2. The second-order valence-corrected chi connectivity index (χ2v) is 5.82. The molecule has 1 atom stereocenters. The molecule has 0 bridgehead atoms. The van der Waals surface area contributed by atoms with Crippen LogP contribution in [0.4, 0.5) is 5.82 Å². The van der Waals surface area contributed by atoms with Gasteiger partial charge in [0.05, 0.1) is 0 Å². The first-order valence-corrected chi connectivity index (χ1v) is 7.49. The second kappa shape index (κ2) is 5.92. The number of aromatic nitrogens is 1.